The summed E-state index contributed by atoms with van der Waals surface area (Å²) >= 11 is 0. The first-order valence-corrected chi connectivity index (χ1v) is 9.41. The molecule has 0 saturated carbocycles. The monoisotopic (exact) mass is 326 g/mol. The zero-order valence-electron chi connectivity index (χ0n) is 14.6. The Bertz CT molecular complexity index is 565. The van der Waals surface area contributed by atoms with E-state index in [-0.39, 0.29) is 10.3 Å². The zero-order chi connectivity index (χ0) is 17.1. The number of benzene rings is 1. The van der Waals surface area contributed by atoms with Crippen LogP contribution in [0.5, 0.6) is 0 Å². The second-order valence-electron chi connectivity index (χ2n) is 8.02. The molecule has 0 aliphatic rings. The van der Waals surface area contributed by atoms with Crippen molar-refractivity contribution >= 4 is 10.1 Å². The maximum absolute atomic E-state index is 11.2. The van der Waals surface area contributed by atoms with E-state index in [9.17, 15) is 8.42 Å². The van der Waals surface area contributed by atoms with Crippen molar-refractivity contribution in [3.05, 3.63) is 29.8 Å². The lowest BCUT2D eigenvalue weighted by Crippen LogP contribution is -2.19. The van der Waals surface area contributed by atoms with Crippen molar-refractivity contribution in [2.45, 2.75) is 65.2 Å². The minimum atomic E-state index is -4.12. The Labute approximate surface area is 135 Å². The molecule has 126 valence electrons. The maximum Gasteiger partial charge on any atom is 0.294 e. The topological polar surface area (TPSA) is 54.4 Å². The third kappa shape index (κ3) is 6.09. The Morgan fingerprint density at radius 1 is 1.05 bits per heavy atom. The first kappa shape index (κ1) is 19.2. The summed E-state index contributed by atoms with van der Waals surface area (Å²) in [6.45, 7) is 13.4. The van der Waals surface area contributed by atoms with Gasteiger partial charge in [-0.15, -0.1) is 0 Å². The fraction of sp³-hybridized carbons (Fsp3) is 0.667. The van der Waals surface area contributed by atoms with Gasteiger partial charge in [0.2, 0.25) is 0 Å². The first-order chi connectivity index (χ1) is 9.90. The molecule has 22 heavy (non-hydrogen) atoms. The lowest BCUT2D eigenvalue weighted by Gasteiger charge is -2.31. The van der Waals surface area contributed by atoms with Crippen molar-refractivity contribution in [2.75, 3.05) is 0 Å². The van der Waals surface area contributed by atoms with Gasteiger partial charge >= 0.3 is 0 Å². The van der Waals surface area contributed by atoms with E-state index in [4.69, 9.17) is 4.55 Å². The molecule has 1 N–H and O–H groups in total. The summed E-state index contributed by atoms with van der Waals surface area (Å²) in [4.78, 5) is -0.0389. The van der Waals surface area contributed by atoms with Gasteiger partial charge in [-0.1, -0.05) is 53.7 Å². The SMILES string of the molecule is CC(C)CC(c1ccc(S(=O)(=O)O)cc1)C(C)CC(C)(C)C. The highest BCUT2D eigenvalue weighted by Gasteiger charge is 2.25. The lowest BCUT2D eigenvalue weighted by atomic mass is 9.74. The second-order valence-corrected chi connectivity index (χ2v) is 9.44. The van der Waals surface area contributed by atoms with Gasteiger partial charge in [0, 0.05) is 0 Å². The molecular formula is C18H30O3S. The normalized spacial score (nSPS) is 15.8. The standard InChI is InChI=1S/C18H30O3S/c1-13(2)11-17(14(3)12-18(4,5)6)15-7-9-16(10-8-15)22(19,20)21/h7-10,13-14,17H,11-12H2,1-6H3,(H,19,20,21). The molecule has 0 bridgehead atoms. The minimum Gasteiger partial charge on any atom is -0.282 e. The van der Waals surface area contributed by atoms with Gasteiger partial charge in [0.05, 0.1) is 4.90 Å². The van der Waals surface area contributed by atoms with E-state index in [0.717, 1.165) is 18.4 Å². The van der Waals surface area contributed by atoms with Crippen LogP contribution in [0.3, 0.4) is 0 Å². The van der Waals surface area contributed by atoms with Gasteiger partial charge in [0.15, 0.2) is 0 Å². The maximum atomic E-state index is 11.2. The molecule has 0 aromatic heterocycles. The summed E-state index contributed by atoms with van der Waals surface area (Å²) in [7, 11) is -4.12. The highest BCUT2D eigenvalue weighted by Crippen LogP contribution is 2.38. The summed E-state index contributed by atoms with van der Waals surface area (Å²) in [6.07, 6.45) is 2.19. The smallest absolute Gasteiger partial charge is 0.282 e. The lowest BCUT2D eigenvalue weighted by molar-refractivity contribution is 0.259. The molecule has 0 spiro atoms. The fourth-order valence-corrected chi connectivity index (χ4v) is 3.68. The van der Waals surface area contributed by atoms with Crippen LogP contribution in [-0.2, 0) is 10.1 Å². The largest absolute Gasteiger partial charge is 0.294 e. The Kier molecular flexibility index (Phi) is 6.22. The Morgan fingerprint density at radius 2 is 1.55 bits per heavy atom. The van der Waals surface area contributed by atoms with E-state index in [1.165, 1.54) is 12.1 Å². The molecule has 2 atom stereocenters. The van der Waals surface area contributed by atoms with Crippen LogP contribution in [-0.4, -0.2) is 13.0 Å². The second kappa shape index (κ2) is 7.14. The van der Waals surface area contributed by atoms with Crippen LogP contribution in [0.2, 0.25) is 0 Å². The third-order valence-corrected chi connectivity index (χ3v) is 4.82. The molecule has 1 aromatic carbocycles. The quantitative estimate of drug-likeness (QED) is 0.737. The molecule has 0 radical (unpaired) electrons. The van der Waals surface area contributed by atoms with Crippen LogP contribution in [0, 0.1) is 17.3 Å². The van der Waals surface area contributed by atoms with Gasteiger partial charge in [-0.3, -0.25) is 4.55 Å². The average molecular weight is 327 g/mol. The van der Waals surface area contributed by atoms with Gasteiger partial charge in [-0.25, -0.2) is 0 Å². The molecule has 0 aliphatic carbocycles. The van der Waals surface area contributed by atoms with E-state index in [1.54, 1.807) is 0 Å². The van der Waals surface area contributed by atoms with E-state index >= 15 is 0 Å². The van der Waals surface area contributed by atoms with Crippen molar-refractivity contribution in [1.29, 1.82) is 0 Å². The number of rotatable bonds is 6. The zero-order valence-corrected chi connectivity index (χ0v) is 15.4. The molecule has 0 amide bonds. The summed E-state index contributed by atoms with van der Waals surface area (Å²) in [5.74, 6) is 1.49. The van der Waals surface area contributed by atoms with Gasteiger partial charge in [0.25, 0.3) is 10.1 Å². The molecular weight excluding hydrogens is 296 g/mol. The van der Waals surface area contributed by atoms with Crippen molar-refractivity contribution in [3.63, 3.8) is 0 Å². The molecule has 1 aromatic rings. The minimum absolute atomic E-state index is 0.0389. The molecule has 3 nitrogen and oxygen atoms in total. The highest BCUT2D eigenvalue weighted by molar-refractivity contribution is 7.85. The summed E-state index contributed by atoms with van der Waals surface area (Å²) in [5.41, 5.74) is 1.42. The van der Waals surface area contributed by atoms with Crippen molar-refractivity contribution in [2.24, 2.45) is 17.3 Å². The molecule has 2 unspecified atom stereocenters. The van der Waals surface area contributed by atoms with Crippen molar-refractivity contribution < 1.29 is 13.0 Å². The molecule has 0 aliphatic heterocycles. The van der Waals surface area contributed by atoms with Crippen molar-refractivity contribution in [3.8, 4) is 0 Å². The summed E-state index contributed by atoms with van der Waals surface area (Å²) < 4.78 is 31.4. The molecule has 0 fully saturated rings. The molecule has 1 rings (SSSR count). The molecule has 0 heterocycles. The molecule has 4 heteroatoms. The average Bonchev–Trinajstić information content (AvgIpc) is 2.32. The van der Waals surface area contributed by atoms with Crippen LogP contribution in [0.15, 0.2) is 29.2 Å². The summed E-state index contributed by atoms with van der Waals surface area (Å²) in [6, 6.07) is 6.69. The van der Waals surface area contributed by atoms with Crippen LogP contribution in [0.4, 0.5) is 0 Å². The molecule has 0 saturated heterocycles. The van der Waals surface area contributed by atoms with Gasteiger partial charge in [0.1, 0.15) is 0 Å². The Morgan fingerprint density at radius 3 is 1.91 bits per heavy atom. The van der Waals surface area contributed by atoms with Crippen LogP contribution in [0.25, 0.3) is 0 Å². The summed E-state index contributed by atoms with van der Waals surface area (Å²) in [5, 5.41) is 0. The van der Waals surface area contributed by atoms with E-state index in [2.05, 4.69) is 41.5 Å². The Hall–Kier alpha value is -0.870. The van der Waals surface area contributed by atoms with Crippen LogP contribution >= 0.6 is 0 Å². The number of hydrogen-bond acceptors (Lipinski definition) is 2. The van der Waals surface area contributed by atoms with Crippen molar-refractivity contribution in [1.82, 2.24) is 0 Å². The predicted molar refractivity (Wildman–Crippen MR) is 91.7 cm³/mol. The van der Waals surface area contributed by atoms with Gasteiger partial charge < -0.3 is 0 Å². The number of hydrogen-bond donors (Lipinski definition) is 1. The third-order valence-electron chi connectivity index (χ3n) is 3.95. The highest BCUT2D eigenvalue weighted by atomic mass is 32.2. The van der Waals surface area contributed by atoms with Crippen LogP contribution < -0.4 is 0 Å². The van der Waals surface area contributed by atoms with E-state index in [0.29, 0.717) is 17.8 Å². The predicted octanol–water partition coefficient (Wildman–Crippen LogP) is 5.14. The first-order valence-electron chi connectivity index (χ1n) is 7.97. The fourth-order valence-electron chi connectivity index (χ4n) is 3.20. The van der Waals surface area contributed by atoms with E-state index in [1.807, 2.05) is 12.1 Å². The Balaban J connectivity index is 3.06. The van der Waals surface area contributed by atoms with E-state index < -0.39 is 10.1 Å². The van der Waals surface area contributed by atoms with Gasteiger partial charge in [-0.05, 0) is 53.7 Å². The van der Waals surface area contributed by atoms with Gasteiger partial charge in [-0.2, -0.15) is 8.42 Å². The van der Waals surface area contributed by atoms with Crippen LogP contribution in [0.1, 0.15) is 65.9 Å².